The fraction of sp³-hybridized carbons (Fsp3) is 0.318. The van der Waals surface area contributed by atoms with Crippen LogP contribution in [0.1, 0.15) is 41.4 Å². The van der Waals surface area contributed by atoms with Crippen molar-refractivity contribution < 1.29 is 4.79 Å². The van der Waals surface area contributed by atoms with Gasteiger partial charge in [-0.3, -0.25) is 4.79 Å². The number of benzene rings is 1. The lowest BCUT2D eigenvalue weighted by atomic mass is 10.1. The first kappa shape index (κ1) is 19.9. The fourth-order valence-corrected chi connectivity index (χ4v) is 4.57. The monoisotopic (exact) mass is 426 g/mol. The van der Waals surface area contributed by atoms with E-state index in [4.69, 9.17) is 16.6 Å². The number of aromatic nitrogens is 2. The first-order valence-corrected chi connectivity index (χ1v) is 11.0. The van der Waals surface area contributed by atoms with Crippen LogP contribution in [0.15, 0.2) is 48.7 Å². The average Bonchev–Trinajstić information content (AvgIpc) is 3.36. The third-order valence-electron chi connectivity index (χ3n) is 5.06. The van der Waals surface area contributed by atoms with Gasteiger partial charge in [-0.25, -0.2) is 9.97 Å². The highest BCUT2D eigenvalue weighted by Crippen LogP contribution is 2.32. The minimum Gasteiger partial charge on any atom is -0.334 e. The van der Waals surface area contributed by atoms with E-state index >= 15 is 0 Å². The van der Waals surface area contributed by atoms with Crippen molar-refractivity contribution in [3.8, 4) is 0 Å². The predicted octanol–water partition coefficient (Wildman–Crippen LogP) is 5.54. The minimum absolute atomic E-state index is 0.0293. The molecule has 29 heavy (non-hydrogen) atoms. The van der Waals surface area contributed by atoms with Crippen LogP contribution in [0.3, 0.4) is 0 Å². The molecule has 1 unspecified atom stereocenters. The van der Waals surface area contributed by atoms with E-state index < -0.39 is 0 Å². The number of thiazole rings is 1. The number of pyridine rings is 1. The molecule has 1 amide bonds. The summed E-state index contributed by atoms with van der Waals surface area (Å²) in [6.45, 7) is 2.81. The fourth-order valence-electron chi connectivity index (χ4n) is 3.69. The number of aryl methyl sites for hydroxylation is 2. The minimum atomic E-state index is 0.0293. The van der Waals surface area contributed by atoms with Crippen molar-refractivity contribution in [1.82, 2.24) is 14.9 Å². The zero-order valence-corrected chi connectivity index (χ0v) is 17.8. The molecule has 0 spiro atoms. The number of rotatable bonds is 6. The normalized spacial score (nSPS) is 16.2. The highest BCUT2D eigenvalue weighted by Gasteiger charge is 2.30. The molecule has 1 atom stereocenters. The van der Waals surface area contributed by atoms with Crippen LogP contribution in [0.5, 0.6) is 0 Å². The van der Waals surface area contributed by atoms with E-state index in [1.54, 1.807) is 11.3 Å². The summed E-state index contributed by atoms with van der Waals surface area (Å²) >= 11 is 7.65. The molecule has 5 nitrogen and oxygen atoms in total. The molecule has 3 heterocycles. The van der Waals surface area contributed by atoms with Crippen LogP contribution in [0, 0.1) is 6.92 Å². The quantitative estimate of drug-likeness (QED) is 0.562. The third kappa shape index (κ3) is 4.95. The number of nitrogens with zero attached hydrogens (tertiary/aromatic N) is 3. The highest BCUT2D eigenvalue weighted by molar-refractivity contribution is 7.15. The van der Waals surface area contributed by atoms with E-state index in [9.17, 15) is 4.79 Å². The van der Waals surface area contributed by atoms with E-state index in [1.165, 1.54) is 0 Å². The van der Waals surface area contributed by atoms with Crippen molar-refractivity contribution in [2.75, 3.05) is 11.9 Å². The highest BCUT2D eigenvalue weighted by atomic mass is 35.5. The lowest BCUT2D eigenvalue weighted by Crippen LogP contribution is -2.31. The summed E-state index contributed by atoms with van der Waals surface area (Å²) in [6, 6.07) is 13.7. The molecule has 3 aromatic rings. The number of halogens is 1. The van der Waals surface area contributed by atoms with Gasteiger partial charge in [-0.1, -0.05) is 29.8 Å². The van der Waals surface area contributed by atoms with Crippen LogP contribution >= 0.6 is 22.9 Å². The second-order valence-corrected chi connectivity index (χ2v) is 8.90. The molecule has 1 saturated heterocycles. The van der Waals surface area contributed by atoms with Crippen molar-refractivity contribution in [2.24, 2.45) is 0 Å². The summed E-state index contributed by atoms with van der Waals surface area (Å²) < 4.78 is 0. The van der Waals surface area contributed by atoms with Gasteiger partial charge >= 0.3 is 0 Å². The standard InChI is InChI=1S/C22H23ClN4OS/c1-15-14-24-22(29-15)26-20-9-3-7-18(25-20)19-8-4-12-27(19)21(28)11-10-16-5-2-6-17(23)13-16/h2-3,5-7,9,13-14,19H,4,8,10-12H2,1H3,(H,24,25,26). The number of hydrogen-bond donors (Lipinski definition) is 1. The summed E-state index contributed by atoms with van der Waals surface area (Å²) in [4.78, 5) is 25.1. The van der Waals surface area contributed by atoms with Gasteiger partial charge in [-0.15, -0.1) is 11.3 Å². The maximum Gasteiger partial charge on any atom is 0.223 e. The molecule has 1 aliphatic rings. The first-order valence-electron chi connectivity index (χ1n) is 9.79. The van der Waals surface area contributed by atoms with Gasteiger partial charge in [0, 0.05) is 29.1 Å². The maximum atomic E-state index is 12.9. The van der Waals surface area contributed by atoms with E-state index in [1.807, 2.05) is 60.5 Å². The zero-order valence-electron chi connectivity index (χ0n) is 16.3. The van der Waals surface area contributed by atoms with Crippen LogP contribution in [-0.2, 0) is 11.2 Å². The van der Waals surface area contributed by atoms with Crippen LogP contribution in [0.25, 0.3) is 0 Å². The van der Waals surface area contributed by atoms with Crippen molar-refractivity contribution in [3.05, 3.63) is 69.8 Å². The molecule has 4 rings (SSSR count). The van der Waals surface area contributed by atoms with Gasteiger partial charge in [0.1, 0.15) is 5.82 Å². The number of carbonyl (C=O) groups excluding carboxylic acids is 1. The van der Waals surface area contributed by atoms with Gasteiger partial charge in [0.15, 0.2) is 5.13 Å². The zero-order chi connectivity index (χ0) is 20.2. The summed E-state index contributed by atoms with van der Waals surface area (Å²) in [5, 5.41) is 4.80. The predicted molar refractivity (Wildman–Crippen MR) is 118 cm³/mol. The Labute approximate surface area is 179 Å². The Bertz CT molecular complexity index is 1010. The molecular formula is C22H23ClN4OS. The lowest BCUT2D eigenvalue weighted by Gasteiger charge is -2.25. The molecule has 0 aliphatic carbocycles. The summed E-state index contributed by atoms with van der Waals surface area (Å²) in [5.74, 6) is 0.929. The third-order valence-corrected chi connectivity index (χ3v) is 6.12. The average molecular weight is 427 g/mol. The Kier molecular flexibility index (Phi) is 6.11. The topological polar surface area (TPSA) is 58.1 Å². The Balaban J connectivity index is 1.43. The molecule has 2 aromatic heterocycles. The van der Waals surface area contributed by atoms with E-state index in [0.717, 1.165) is 46.5 Å². The molecule has 1 aromatic carbocycles. The van der Waals surface area contributed by atoms with E-state index in [2.05, 4.69) is 10.3 Å². The van der Waals surface area contributed by atoms with Gasteiger partial charge in [0.05, 0.1) is 11.7 Å². The van der Waals surface area contributed by atoms with E-state index in [-0.39, 0.29) is 11.9 Å². The molecule has 7 heteroatoms. The molecule has 1 aliphatic heterocycles. The smallest absolute Gasteiger partial charge is 0.223 e. The van der Waals surface area contributed by atoms with Crippen LogP contribution in [0.4, 0.5) is 10.9 Å². The number of nitrogens with one attached hydrogen (secondary N) is 1. The van der Waals surface area contributed by atoms with Gasteiger partial charge in [0.2, 0.25) is 5.91 Å². The number of likely N-dealkylation sites (tertiary alicyclic amines) is 1. The SMILES string of the molecule is Cc1cnc(Nc2cccc(C3CCCN3C(=O)CCc3cccc(Cl)c3)n2)s1. The van der Waals surface area contributed by atoms with Crippen LogP contribution in [0.2, 0.25) is 5.02 Å². The van der Waals surface area contributed by atoms with Gasteiger partial charge in [-0.2, -0.15) is 0 Å². The first-order chi connectivity index (χ1) is 14.1. The Hall–Kier alpha value is -2.44. The molecule has 1 N–H and O–H groups in total. The van der Waals surface area contributed by atoms with Crippen molar-refractivity contribution in [1.29, 1.82) is 0 Å². The van der Waals surface area contributed by atoms with Gasteiger partial charge < -0.3 is 10.2 Å². The van der Waals surface area contributed by atoms with Gasteiger partial charge in [0.25, 0.3) is 0 Å². The second kappa shape index (κ2) is 8.93. The van der Waals surface area contributed by atoms with Crippen molar-refractivity contribution in [2.45, 2.75) is 38.6 Å². The molecule has 150 valence electrons. The second-order valence-electron chi connectivity index (χ2n) is 7.22. The Morgan fingerprint density at radius 2 is 2.17 bits per heavy atom. The summed E-state index contributed by atoms with van der Waals surface area (Å²) in [5.41, 5.74) is 2.02. The number of amides is 1. The van der Waals surface area contributed by atoms with Crippen molar-refractivity contribution in [3.63, 3.8) is 0 Å². The molecule has 0 saturated carbocycles. The number of carbonyl (C=O) groups is 1. The molecule has 0 bridgehead atoms. The van der Waals surface area contributed by atoms with Crippen molar-refractivity contribution >= 4 is 39.8 Å². The largest absolute Gasteiger partial charge is 0.334 e. The maximum absolute atomic E-state index is 12.9. The number of hydrogen-bond acceptors (Lipinski definition) is 5. The number of anilines is 2. The van der Waals surface area contributed by atoms with Crippen LogP contribution in [-0.4, -0.2) is 27.3 Å². The van der Waals surface area contributed by atoms with Crippen LogP contribution < -0.4 is 5.32 Å². The summed E-state index contributed by atoms with van der Waals surface area (Å²) in [6.07, 6.45) is 4.96. The van der Waals surface area contributed by atoms with E-state index in [0.29, 0.717) is 17.9 Å². The lowest BCUT2D eigenvalue weighted by molar-refractivity contribution is -0.132. The molecular weight excluding hydrogens is 404 g/mol. The molecule has 1 fully saturated rings. The Morgan fingerprint density at radius 3 is 2.97 bits per heavy atom. The van der Waals surface area contributed by atoms with Gasteiger partial charge in [-0.05, 0) is 56.0 Å². The molecule has 0 radical (unpaired) electrons. The Morgan fingerprint density at radius 1 is 1.31 bits per heavy atom. The summed E-state index contributed by atoms with van der Waals surface area (Å²) in [7, 11) is 0.